The summed E-state index contributed by atoms with van der Waals surface area (Å²) >= 11 is 0. The summed E-state index contributed by atoms with van der Waals surface area (Å²) in [6.45, 7) is 6.91. The molecule has 3 heterocycles. The third-order valence-electron chi connectivity index (χ3n) is 6.73. The third kappa shape index (κ3) is 5.17. The fourth-order valence-corrected chi connectivity index (χ4v) is 4.84. The van der Waals surface area contributed by atoms with Crippen LogP contribution in [0, 0.1) is 13.8 Å². The molecule has 0 aliphatic rings. The van der Waals surface area contributed by atoms with Gasteiger partial charge in [0, 0.05) is 29.3 Å². The van der Waals surface area contributed by atoms with E-state index in [0.717, 1.165) is 68.2 Å². The number of rotatable bonds is 8. The molecule has 5 rings (SSSR count). The standard InChI is InChI=1S/C30H32N8O/c1-5-26-35-28-18(2)15-19(3)33-30(28)38(26)17-20-9-11-21(12-10-20)24-16-22(13-14-23(24)29(31)36-37-32)25-7-6-8-27(34-25)39-4/h6-16,37H,5,17,32H2,1-4H3,(H2,31,36). The summed E-state index contributed by atoms with van der Waals surface area (Å²) in [5.41, 5.74) is 18.1. The van der Waals surface area contributed by atoms with Gasteiger partial charge in [0.1, 0.15) is 11.3 Å². The Morgan fingerprint density at radius 2 is 1.74 bits per heavy atom. The smallest absolute Gasteiger partial charge is 0.213 e. The van der Waals surface area contributed by atoms with Gasteiger partial charge in [-0.1, -0.05) is 43.3 Å². The molecule has 0 fully saturated rings. The van der Waals surface area contributed by atoms with Crippen LogP contribution in [0.5, 0.6) is 5.88 Å². The maximum absolute atomic E-state index is 6.26. The second-order valence-electron chi connectivity index (χ2n) is 9.37. The summed E-state index contributed by atoms with van der Waals surface area (Å²) in [6, 6.07) is 22.1. The minimum Gasteiger partial charge on any atom is -0.481 e. The van der Waals surface area contributed by atoms with Crippen molar-refractivity contribution in [1.29, 1.82) is 0 Å². The number of aryl methyl sites for hydroxylation is 3. The van der Waals surface area contributed by atoms with Crippen molar-refractivity contribution in [2.45, 2.75) is 33.7 Å². The number of hydrazine groups is 1. The van der Waals surface area contributed by atoms with Crippen LogP contribution >= 0.6 is 0 Å². The number of nitrogens with zero attached hydrogens (tertiary/aromatic N) is 5. The first-order chi connectivity index (χ1) is 18.9. The van der Waals surface area contributed by atoms with Crippen molar-refractivity contribution in [3.8, 4) is 28.3 Å². The quantitative estimate of drug-likeness (QED) is 0.119. The molecule has 0 aliphatic heterocycles. The average Bonchev–Trinajstić information content (AvgIpc) is 3.30. The molecule has 2 aromatic carbocycles. The van der Waals surface area contributed by atoms with Gasteiger partial charge in [-0.3, -0.25) is 0 Å². The van der Waals surface area contributed by atoms with Crippen molar-refractivity contribution in [2.75, 3.05) is 7.11 Å². The minimum atomic E-state index is 0.288. The number of nitrogens with one attached hydrogen (secondary N) is 1. The van der Waals surface area contributed by atoms with Crippen LogP contribution in [0.3, 0.4) is 0 Å². The summed E-state index contributed by atoms with van der Waals surface area (Å²) in [4.78, 5) is 14.3. The van der Waals surface area contributed by atoms with E-state index in [1.54, 1.807) is 7.11 Å². The van der Waals surface area contributed by atoms with E-state index >= 15 is 0 Å². The van der Waals surface area contributed by atoms with Gasteiger partial charge in [0.05, 0.1) is 19.3 Å². The Balaban J connectivity index is 1.54. The average molecular weight is 521 g/mol. The van der Waals surface area contributed by atoms with Crippen LogP contribution in [0.25, 0.3) is 33.5 Å². The number of benzene rings is 2. The lowest BCUT2D eigenvalue weighted by Crippen LogP contribution is -2.23. The van der Waals surface area contributed by atoms with E-state index in [4.69, 9.17) is 26.3 Å². The third-order valence-corrected chi connectivity index (χ3v) is 6.73. The lowest BCUT2D eigenvalue weighted by Gasteiger charge is -2.14. The lowest BCUT2D eigenvalue weighted by atomic mass is 9.94. The number of aromatic nitrogens is 4. The summed E-state index contributed by atoms with van der Waals surface area (Å²) < 4.78 is 7.52. The monoisotopic (exact) mass is 520 g/mol. The molecular weight excluding hydrogens is 488 g/mol. The number of hydrogen-bond acceptors (Lipinski definition) is 7. The summed E-state index contributed by atoms with van der Waals surface area (Å²) in [5, 5.41) is 4.01. The molecule has 0 unspecified atom stereocenters. The molecule has 0 saturated carbocycles. The fourth-order valence-electron chi connectivity index (χ4n) is 4.84. The number of hydrazone groups is 1. The summed E-state index contributed by atoms with van der Waals surface area (Å²) in [5.74, 6) is 7.28. The van der Waals surface area contributed by atoms with E-state index in [2.05, 4.69) is 70.4 Å². The van der Waals surface area contributed by atoms with Gasteiger partial charge in [0.2, 0.25) is 5.88 Å². The first kappa shape index (κ1) is 25.9. The minimum absolute atomic E-state index is 0.288. The normalized spacial score (nSPS) is 11.7. The van der Waals surface area contributed by atoms with Crippen molar-refractivity contribution < 1.29 is 4.74 Å². The van der Waals surface area contributed by atoms with E-state index in [-0.39, 0.29) is 5.84 Å². The van der Waals surface area contributed by atoms with Gasteiger partial charge < -0.3 is 15.0 Å². The number of ether oxygens (including phenoxy) is 1. The molecule has 3 aromatic heterocycles. The second-order valence-corrected chi connectivity index (χ2v) is 9.37. The highest BCUT2D eigenvalue weighted by atomic mass is 16.5. The van der Waals surface area contributed by atoms with E-state index < -0.39 is 0 Å². The summed E-state index contributed by atoms with van der Waals surface area (Å²) in [6.07, 6.45) is 0.829. The molecule has 0 spiro atoms. The molecule has 5 N–H and O–H groups in total. The predicted octanol–water partition coefficient (Wildman–Crippen LogP) is 4.48. The Labute approximate surface area is 227 Å². The first-order valence-electron chi connectivity index (χ1n) is 12.8. The van der Waals surface area contributed by atoms with E-state index in [9.17, 15) is 0 Å². The predicted molar refractivity (Wildman–Crippen MR) is 155 cm³/mol. The van der Waals surface area contributed by atoms with Gasteiger partial charge in [0.25, 0.3) is 0 Å². The Morgan fingerprint density at radius 1 is 0.974 bits per heavy atom. The van der Waals surface area contributed by atoms with Crippen LogP contribution in [-0.4, -0.2) is 32.5 Å². The Morgan fingerprint density at radius 3 is 2.46 bits per heavy atom. The number of amidine groups is 1. The van der Waals surface area contributed by atoms with Gasteiger partial charge in [-0.15, -0.1) is 5.10 Å². The van der Waals surface area contributed by atoms with Crippen molar-refractivity contribution >= 4 is 17.0 Å². The molecule has 9 heteroatoms. The van der Waals surface area contributed by atoms with Gasteiger partial charge in [-0.25, -0.2) is 26.3 Å². The number of imidazole rings is 1. The Bertz CT molecular complexity index is 1670. The SMILES string of the molecule is CCc1nc2c(C)cc(C)nc2n1Cc1ccc(-c2cc(-c3cccc(OC)n3)ccc2/C(N)=N/NN)cc1. The largest absolute Gasteiger partial charge is 0.481 e. The van der Waals surface area contributed by atoms with Crippen LogP contribution in [-0.2, 0) is 13.0 Å². The van der Waals surface area contributed by atoms with Crippen LogP contribution < -0.4 is 21.8 Å². The molecule has 0 aliphatic carbocycles. The molecule has 0 atom stereocenters. The van der Waals surface area contributed by atoms with Gasteiger partial charge in [-0.2, -0.15) is 0 Å². The lowest BCUT2D eigenvalue weighted by molar-refractivity contribution is 0.398. The molecule has 198 valence electrons. The van der Waals surface area contributed by atoms with Crippen LogP contribution in [0.15, 0.2) is 71.8 Å². The van der Waals surface area contributed by atoms with E-state index in [0.29, 0.717) is 12.4 Å². The second kappa shape index (κ2) is 10.9. The van der Waals surface area contributed by atoms with Crippen molar-refractivity contribution in [3.05, 3.63) is 94.9 Å². The zero-order chi connectivity index (χ0) is 27.5. The van der Waals surface area contributed by atoms with Gasteiger partial charge in [-0.05, 0) is 60.4 Å². The van der Waals surface area contributed by atoms with Crippen LogP contribution in [0.2, 0.25) is 0 Å². The zero-order valence-electron chi connectivity index (χ0n) is 22.6. The molecular formula is C30H32N8O. The molecule has 0 bridgehead atoms. The van der Waals surface area contributed by atoms with Crippen LogP contribution in [0.1, 0.15) is 35.1 Å². The van der Waals surface area contributed by atoms with Crippen molar-refractivity contribution in [1.82, 2.24) is 25.1 Å². The number of fused-ring (bicyclic) bond motifs is 1. The molecule has 0 amide bonds. The highest BCUT2D eigenvalue weighted by Gasteiger charge is 2.15. The van der Waals surface area contributed by atoms with E-state index in [1.165, 1.54) is 0 Å². The molecule has 39 heavy (non-hydrogen) atoms. The number of pyridine rings is 2. The van der Waals surface area contributed by atoms with E-state index in [1.807, 2.05) is 37.3 Å². The van der Waals surface area contributed by atoms with Crippen molar-refractivity contribution in [3.63, 3.8) is 0 Å². The highest BCUT2D eigenvalue weighted by molar-refractivity contribution is 6.04. The molecule has 0 saturated heterocycles. The maximum atomic E-state index is 6.26. The van der Waals surface area contributed by atoms with Crippen molar-refractivity contribution in [2.24, 2.45) is 16.7 Å². The number of methoxy groups -OCH3 is 1. The fraction of sp³-hybridized carbons (Fsp3) is 0.200. The highest BCUT2D eigenvalue weighted by Crippen LogP contribution is 2.30. The van der Waals surface area contributed by atoms with Gasteiger partial charge >= 0.3 is 0 Å². The Hall–Kier alpha value is -4.76. The zero-order valence-corrected chi connectivity index (χ0v) is 22.6. The molecule has 0 radical (unpaired) electrons. The number of hydrogen-bond donors (Lipinski definition) is 3. The maximum Gasteiger partial charge on any atom is 0.213 e. The number of nitrogens with two attached hydrogens (primary N) is 2. The first-order valence-corrected chi connectivity index (χ1v) is 12.8. The molecule has 9 nitrogen and oxygen atoms in total. The van der Waals surface area contributed by atoms with Crippen LogP contribution in [0.4, 0.5) is 0 Å². The molecule has 5 aromatic rings. The Kier molecular flexibility index (Phi) is 7.25. The topological polar surface area (TPSA) is 129 Å². The summed E-state index contributed by atoms with van der Waals surface area (Å²) in [7, 11) is 1.60. The van der Waals surface area contributed by atoms with Gasteiger partial charge in [0.15, 0.2) is 11.5 Å².